The summed E-state index contributed by atoms with van der Waals surface area (Å²) in [5.74, 6) is -0.105. The van der Waals surface area contributed by atoms with E-state index in [2.05, 4.69) is 0 Å². The molecule has 1 aromatic carbocycles. The van der Waals surface area contributed by atoms with Crippen LogP contribution in [0, 0.1) is 0 Å². The van der Waals surface area contributed by atoms with Gasteiger partial charge in [0.05, 0.1) is 7.11 Å². The highest BCUT2D eigenvalue weighted by Crippen LogP contribution is 2.18. The van der Waals surface area contributed by atoms with Gasteiger partial charge in [-0.05, 0) is 34.5 Å². The van der Waals surface area contributed by atoms with Gasteiger partial charge in [0.2, 0.25) is 0 Å². The molecule has 1 heterocycles. The summed E-state index contributed by atoms with van der Waals surface area (Å²) in [7, 11) is 3.24. The molecule has 1 aromatic heterocycles. The van der Waals surface area contributed by atoms with E-state index in [0.29, 0.717) is 12.3 Å². The number of nitrogens with zero attached hydrogens (tertiary/aromatic N) is 1. The number of thiophene rings is 1. The van der Waals surface area contributed by atoms with Gasteiger partial charge in [-0.25, -0.2) is 4.79 Å². The van der Waals surface area contributed by atoms with E-state index in [1.54, 1.807) is 31.6 Å². The molecule has 6 heteroatoms. The molecule has 24 heavy (non-hydrogen) atoms. The van der Waals surface area contributed by atoms with Gasteiger partial charge in [-0.15, -0.1) is 0 Å². The van der Waals surface area contributed by atoms with Gasteiger partial charge >= 0.3 is 5.97 Å². The number of hydrogen-bond donors (Lipinski definition) is 0. The average molecular weight is 345 g/mol. The molecule has 0 bridgehead atoms. The smallest absolute Gasteiger partial charge is 0.331 e. The van der Waals surface area contributed by atoms with Crippen LogP contribution in [0.5, 0.6) is 5.75 Å². The van der Waals surface area contributed by atoms with Crippen LogP contribution in [-0.2, 0) is 20.9 Å². The standard InChI is InChI=1S/C18H19NO4S/c1-19(11-15-5-3-4-6-16(15)22-2)17(20)12-23-18(21)8-7-14-9-10-24-13-14/h3-10,13H,11-12H2,1-2H3/b8-7+. The van der Waals surface area contributed by atoms with E-state index in [1.807, 2.05) is 41.1 Å². The van der Waals surface area contributed by atoms with Crippen LogP contribution in [0.15, 0.2) is 47.2 Å². The fourth-order valence-electron chi connectivity index (χ4n) is 2.00. The number of benzene rings is 1. The Bertz CT molecular complexity index is 710. The molecule has 0 unspecified atom stereocenters. The number of ether oxygens (including phenoxy) is 2. The Morgan fingerprint density at radius 1 is 1.25 bits per heavy atom. The molecule has 2 aromatic rings. The quantitative estimate of drug-likeness (QED) is 0.572. The number of amides is 1. The minimum atomic E-state index is -0.541. The number of methoxy groups -OCH3 is 1. The first-order valence-electron chi connectivity index (χ1n) is 7.33. The van der Waals surface area contributed by atoms with Crippen molar-refractivity contribution in [3.05, 3.63) is 58.3 Å². The lowest BCUT2D eigenvalue weighted by Gasteiger charge is -2.18. The molecule has 0 spiro atoms. The van der Waals surface area contributed by atoms with Crippen molar-refractivity contribution < 1.29 is 19.1 Å². The minimum absolute atomic E-state index is 0.279. The van der Waals surface area contributed by atoms with Gasteiger partial charge in [0.25, 0.3) is 5.91 Å². The summed E-state index contributed by atoms with van der Waals surface area (Å²) in [4.78, 5) is 25.2. The molecule has 0 aliphatic rings. The largest absolute Gasteiger partial charge is 0.496 e. The topological polar surface area (TPSA) is 55.8 Å². The SMILES string of the molecule is COc1ccccc1CN(C)C(=O)COC(=O)/C=C/c1ccsc1. The van der Waals surface area contributed by atoms with Gasteiger partial charge in [-0.3, -0.25) is 4.79 Å². The van der Waals surface area contributed by atoms with Crippen LogP contribution in [0.1, 0.15) is 11.1 Å². The third-order valence-corrected chi connectivity index (χ3v) is 4.02. The van der Waals surface area contributed by atoms with Gasteiger partial charge in [-0.1, -0.05) is 18.2 Å². The lowest BCUT2D eigenvalue weighted by Crippen LogP contribution is -2.30. The first-order valence-corrected chi connectivity index (χ1v) is 8.27. The number of para-hydroxylation sites is 1. The van der Waals surface area contributed by atoms with Crippen molar-refractivity contribution in [1.82, 2.24) is 4.90 Å². The van der Waals surface area contributed by atoms with Gasteiger partial charge in [0, 0.05) is 25.2 Å². The maximum absolute atomic E-state index is 12.1. The van der Waals surface area contributed by atoms with Crippen LogP contribution in [0.4, 0.5) is 0 Å². The number of carbonyl (C=O) groups excluding carboxylic acids is 2. The van der Waals surface area contributed by atoms with Crippen LogP contribution in [0.25, 0.3) is 6.08 Å². The zero-order valence-corrected chi connectivity index (χ0v) is 14.4. The molecular formula is C18H19NO4S. The molecule has 126 valence electrons. The Morgan fingerprint density at radius 2 is 2.04 bits per heavy atom. The molecule has 0 saturated heterocycles. The van der Waals surface area contributed by atoms with Crippen molar-refractivity contribution in [2.75, 3.05) is 20.8 Å². The second kappa shape index (κ2) is 8.88. The van der Waals surface area contributed by atoms with E-state index >= 15 is 0 Å². The van der Waals surface area contributed by atoms with E-state index in [4.69, 9.17) is 9.47 Å². The number of carbonyl (C=O) groups is 2. The summed E-state index contributed by atoms with van der Waals surface area (Å²) in [6, 6.07) is 9.36. The molecule has 0 aliphatic carbocycles. The van der Waals surface area contributed by atoms with Gasteiger partial charge in [0.15, 0.2) is 6.61 Å². The first kappa shape index (κ1) is 17.7. The third-order valence-electron chi connectivity index (χ3n) is 3.32. The maximum atomic E-state index is 12.1. The van der Waals surface area contributed by atoms with E-state index in [1.165, 1.54) is 11.0 Å². The summed E-state index contributed by atoms with van der Waals surface area (Å²) in [5, 5.41) is 3.83. The predicted octanol–water partition coefficient (Wildman–Crippen LogP) is 2.97. The molecule has 0 saturated carbocycles. The van der Waals surface area contributed by atoms with Crippen molar-refractivity contribution in [3.8, 4) is 5.75 Å². The van der Waals surface area contributed by atoms with Crippen LogP contribution >= 0.6 is 11.3 Å². The fourth-order valence-corrected chi connectivity index (χ4v) is 2.63. The number of rotatable bonds is 7. The van der Waals surface area contributed by atoms with Crippen molar-refractivity contribution in [2.24, 2.45) is 0 Å². The summed E-state index contributed by atoms with van der Waals surface area (Å²) in [6.45, 7) is 0.0869. The second-order valence-corrected chi connectivity index (χ2v) is 5.84. The molecule has 0 radical (unpaired) electrons. The van der Waals surface area contributed by atoms with Crippen LogP contribution in [0.3, 0.4) is 0 Å². The monoisotopic (exact) mass is 345 g/mol. The Morgan fingerprint density at radius 3 is 2.75 bits per heavy atom. The summed E-state index contributed by atoms with van der Waals surface area (Å²) in [6.07, 6.45) is 2.97. The van der Waals surface area contributed by atoms with Crippen molar-refractivity contribution >= 4 is 29.3 Å². The van der Waals surface area contributed by atoms with Gasteiger partial charge in [-0.2, -0.15) is 11.3 Å². The van der Waals surface area contributed by atoms with E-state index in [9.17, 15) is 9.59 Å². The van der Waals surface area contributed by atoms with E-state index in [-0.39, 0.29) is 12.5 Å². The normalized spacial score (nSPS) is 10.6. The van der Waals surface area contributed by atoms with E-state index < -0.39 is 5.97 Å². The number of hydrogen-bond acceptors (Lipinski definition) is 5. The highest BCUT2D eigenvalue weighted by atomic mass is 32.1. The average Bonchev–Trinajstić information content (AvgIpc) is 3.11. The Hall–Kier alpha value is -2.60. The molecule has 2 rings (SSSR count). The van der Waals surface area contributed by atoms with Crippen molar-refractivity contribution in [2.45, 2.75) is 6.54 Å². The summed E-state index contributed by atoms with van der Waals surface area (Å²) >= 11 is 1.54. The molecule has 1 amide bonds. The van der Waals surface area contributed by atoms with Crippen LogP contribution in [-0.4, -0.2) is 37.5 Å². The molecule has 0 N–H and O–H groups in total. The fraction of sp³-hybridized carbons (Fsp3) is 0.222. The van der Waals surface area contributed by atoms with Gasteiger partial charge < -0.3 is 14.4 Å². The molecular weight excluding hydrogens is 326 g/mol. The molecule has 0 aliphatic heterocycles. The summed E-state index contributed by atoms with van der Waals surface area (Å²) < 4.78 is 10.2. The lowest BCUT2D eigenvalue weighted by molar-refractivity contribution is -0.147. The van der Waals surface area contributed by atoms with E-state index in [0.717, 1.165) is 11.1 Å². The highest BCUT2D eigenvalue weighted by Gasteiger charge is 2.13. The third kappa shape index (κ3) is 5.24. The number of esters is 1. The maximum Gasteiger partial charge on any atom is 0.331 e. The lowest BCUT2D eigenvalue weighted by atomic mass is 10.2. The van der Waals surface area contributed by atoms with Crippen molar-refractivity contribution in [1.29, 1.82) is 0 Å². The second-order valence-electron chi connectivity index (χ2n) is 5.06. The highest BCUT2D eigenvalue weighted by molar-refractivity contribution is 7.08. The Labute approximate surface area is 145 Å². The molecule has 0 atom stereocenters. The predicted molar refractivity (Wildman–Crippen MR) is 93.8 cm³/mol. The Balaban J connectivity index is 1.82. The zero-order valence-electron chi connectivity index (χ0n) is 13.6. The van der Waals surface area contributed by atoms with Crippen LogP contribution in [0.2, 0.25) is 0 Å². The molecule has 0 fully saturated rings. The minimum Gasteiger partial charge on any atom is -0.496 e. The van der Waals surface area contributed by atoms with Crippen LogP contribution < -0.4 is 4.74 Å². The van der Waals surface area contributed by atoms with Crippen molar-refractivity contribution in [3.63, 3.8) is 0 Å². The number of likely N-dealkylation sites (N-methyl/N-ethyl adjacent to an activating group) is 1. The zero-order chi connectivity index (χ0) is 17.4. The molecule has 5 nitrogen and oxygen atoms in total. The van der Waals surface area contributed by atoms with Gasteiger partial charge in [0.1, 0.15) is 5.75 Å². The summed E-state index contributed by atoms with van der Waals surface area (Å²) in [5.41, 5.74) is 1.82. The Kier molecular flexibility index (Phi) is 6.57. The first-order chi connectivity index (χ1) is 11.6.